The molecule has 0 spiro atoms. The Morgan fingerprint density at radius 3 is 2.93 bits per heavy atom. The molecule has 78 valence electrons. The van der Waals surface area contributed by atoms with Crippen molar-refractivity contribution in [2.24, 2.45) is 5.73 Å². The predicted octanol–water partition coefficient (Wildman–Crippen LogP) is -1.25. The first-order valence-electron chi connectivity index (χ1n) is 4.54. The number of rotatable bonds is 3. The number of β-lactam (4-membered cyclic amide) rings is 1. The second-order valence-corrected chi connectivity index (χ2v) is 3.49. The summed E-state index contributed by atoms with van der Waals surface area (Å²) in [6.45, 7) is 0.364. The minimum atomic E-state index is -1.01. The lowest BCUT2D eigenvalue weighted by molar-refractivity contribution is -0.163. The summed E-state index contributed by atoms with van der Waals surface area (Å²) in [5.41, 5.74) is 5.34. The molecule has 6 heteroatoms. The van der Waals surface area contributed by atoms with Crippen molar-refractivity contribution in [3.8, 4) is 0 Å². The van der Waals surface area contributed by atoms with E-state index in [0.29, 0.717) is 19.4 Å². The van der Waals surface area contributed by atoms with Crippen molar-refractivity contribution in [3.63, 3.8) is 0 Å². The van der Waals surface area contributed by atoms with Gasteiger partial charge in [-0.25, -0.2) is 4.79 Å². The van der Waals surface area contributed by atoms with E-state index in [2.05, 4.69) is 0 Å². The molecule has 2 saturated heterocycles. The fraction of sp³-hybridized carbons (Fsp3) is 0.750. The molecule has 2 fully saturated rings. The number of hydrogen-bond acceptors (Lipinski definition) is 4. The standard InChI is InChI=1S/C8H12N2O4/c9-2-1-4-7(8(12)13)10-5(11)3-6(10)14-4/h4,6-7H,1-3,9H2,(H,12,13). The van der Waals surface area contributed by atoms with Crippen molar-refractivity contribution in [2.45, 2.75) is 31.2 Å². The van der Waals surface area contributed by atoms with E-state index < -0.39 is 18.1 Å². The largest absolute Gasteiger partial charge is 0.480 e. The van der Waals surface area contributed by atoms with E-state index in [0.717, 1.165) is 0 Å². The van der Waals surface area contributed by atoms with E-state index in [1.807, 2.05) is 0 Å². The number of aliphatic carboxylic acids is 1. The molecule has 0 radical (unpaired) electrons. The molecule has 2 rings (SSSR count). The van der Waals surface area contributed by atoms with Crippen LogP contribution in [0.4, 0.5) is 0 Å². The SMILES string of the molecule is NCCC1OC2CC(=O)N2C1C(=O)O. The molecule has 0 bridgehead atoms. The van der Waals surface area contributed by atoms with Crippen LogP contribution in [-0.2, 0) is 14.3 Å². The topological polar surface area (TPSA) is 92.9 Å². The van der Waals surface area contributed by atoms with Crippen molar-refractivity contribution >= 4 is 11.9 Å². The summed E-state index contributed by atoms with van der Waals surface area (Å²) >= 11 is 0. The quantitative estimate of drug-likeness (QED) is 0.555. The Morgan fingerprint density at radius 1 is 1.71 bits per heavy atom. The lowest BCUT2D eigenvalue weighted by Crippen LogP contribution is -2.55. The Balaban J connectivity index is 2.13. The maximum atomic E-state index is 11.1. The highest BCUT2D eigenvalue weighted by Crippen LogP contribution is 2.35. The van der Waals surface area contributed by atoms with E-state index in [4.69, 9.17) is 15.6 Å². The average molecular weight is 200 g/mol. The average Bonchev–Trinajstić information content (AvgIpc) is 2.39. The number of carbonyl (C=O) groups excluding carboxylic acids is 1. The maximum absolute atomic E-state index is 11.1. The van der Waals surface area contributed by atoms with Crippen LogP contribution in [0.25, 0.3) is 0 Å². The summed E-state index contributed by atoms with van der Waals surface area (Å²) in [6.07, 6.45) is -0.0173. The smallest absolute Gasteiger partial charge is 0.329 e. The molecule has 0 aliphatic carbocycles. The first kappa shape index (κ1) is 9.42. The van der Waals surface area contributed by atoms with Crippen LogP contribution in [0.15, 0.2) is 0 Å². The summed E-state index contributed by atoms with van der Waals surface area (Å²) in [7, 11) is 0. The minimum Gasteiger partial charge on any atom is -0.480 e. The van der Waals surface area contributed by atoms with Crippen molar-refractivity contribution in [1.29, 1.82) is 0 Å². The van der Waals surface area contributed by atoms with Gasteiger partial charge in [0.05, 0.1) is 12.5 Å². The van der Waals surface area contributed by atoms with Crippen LogP contribution in [-0.4, -0.2) is 46.8 Å². The molecule has 3 atom stereocenters. The number of carboxylic acids is 1. The zero-order valence-electron chi connectivity index (χ0n) is 7.55. The molecule has 14 heavy (non-hydrogen) atoms. The second kappa shape index (κ2) is 3.21. The van der Waals surface area contributed by atoms with Crippen molar-refractivity contribution in [2.75, 3.05) is 6.54 Å². The number of carboxylic acid groups (broad SMARTS) is 1. The second-order valence-electron chi connectivity index (χ2n) is 3.49. The fourth-order valence-corrected chi connectivity index (χ4v) is 1.97. The summed E-state index contributed by atoms with van der Waals surface area (Å²) in [5.74, 6) is -1.17. The Labute approximate surface area is 80.6 Å². The van der Waals surface area contributed by atoms with E-state index >= 15 is 0 Å². The van der Waals surface area contributed by atoms with Gasteiger partial charge < -0.3 is 15.6 Å². The summed E-state index contributed by atoms with van der Waals surface area (Å²) in [4.78, 5) is 23.3. The highest BCUT2D eigenvalue weighted by molar-refractivity contribution is 5.89. The highest BCUT2D eigenvalue weighted by Gasteiger charge is 2.54. The first-order chi connectivity index (χ1) is 6.65. The van der Waals surface area contributed by atoms with Gasteiger partial charge in [0.1, 0.15) is 6.23 Å². The zero-order valence-corrected chi connectivity index (χ0v) is 7.55. The number of fused-ring (bicyclic) bond motifs is 1. The van der Waals surface area contributed by atoms with Gasteiger partial charge in [0.15, 0.2) is 6.04 Å². The third kappa shape index (κ3) is 1.18. The Hall–Kier alpha value is -1.14. The lowest BCUT2D eigenvalue weighted by Gasteiger charge is -2.34. The van der Waals surface area contributed by atoms with Crippen molar-refractivity contribution < 1.29 is 19.4 Å². The van der Waals surface area contributed by atoms with Crippen LogP contribution in [0.1, 0.15) is 12.8 Å². The molecular weight excluding hydrogens is 188 g/mol. The summed E-state index contributed by atoms with van der Waals surface area (Å²) < 4.78 is 5.39. The highest BCUT2D eigenvalue weighted by atomic mass is 16.5. The van der Waals surface area contributed by atoms with Gasteiger partial charge in [-0.15, -0.1) is 0 Å². The van der Waals surface area contributed by atoms with Crippen molar-refractivity contribution in [1.82, 2.24) is 4.90 Å². The van der Waals surface area contributed by atoms with Gasteiger partial charge in [-0.1, -0.05) is 0 Å². The number of nitrogens with two attached hydrogens (primary N) is 1. The monoisotopic (exact) mass is 200 g/mol. The molecule has 0 aromatic carbocycles. The molecule has 3 unspecified atom stereocenters. The van der Waals surface area contributed by atoms with Gasteiger partial charge in [0.25, 0.3) is 0 Å². The Morgan fingerprint density at radius 2 is 2.43 bits per heavy atom. The third-order valence-corrected chi connectivity index (χ3v) is 2.64. The molecule has 2 aliphatic heterocycles. The number of amides is 1. The molecule has 2 aliphatic rings. The number of nitrogens with zero attached hydrogens (tertiary/aromatic N) is 1. The first-order valence-corrected chi connectivity index (χ1v) is 4.54. The fourth-order valence-electron chi connectivity index (χ4n) is 1.97. The van der Waals surface area contributed by atoms with Crippen LogP contribution in [0.5, 0.6) is 0 Å². The number of carbonyl (C=O) groups is 2. The molecule has 1 amide bonds. The van der Waals surface area contributed by atoms with E-state index in [1.54, 1.807) is 0 Å². The van der Waals surface area contributed by atoms with Crippen LogP contribution < -0.4 is 5.73 Å². The predicted molar refractivity (Wildman–Crippen MR) is 45.2 cm³/mol. The van der Waals surface area contributed by atoms with Gasteiger partial charge >= 0.3 is 5.97 Å². The lowest BCUT2D eigenvalue weighted by atomic mass is 10.0. The van der Waals surface area contributed by atoms with Crippen LogP contribution in [0, 0.1) is 0 Å². The maximum Gasteiger partial charge on any atom is 0.329 e. The van der Waals surface area contributed by atoms with Gasteiger partial charge in [-0.2, -0.15) is 0 Å². The molecule has 0 aromatic heterocycles. The summed E-state index contributed by atoms with van der Waals surface area (Å²) in [5, 5.41) is 8.94. The van der Waals surface area contributed by atoms with Gasteiger partial charge in [-0.05, 0) is 13.0 Å². The number of hydrogen-bond donors (Lipinski definition) is 2. The molecule has 0 aromatic rings. The minimum absolute atomic E-state index is 0.151. The number of ether oxygens (including phenoxy) is 1. The zero-order chi connectivity index (χ0) is 10.3. The summed E-state index contributed by atoms with van der Waals surface area (Å²) in [6, 6.07) is -0.843. The molecule has 3 N–H and O–H groups in total. The molecule has 0 saturated carbocycles. The van der Waals surface area contributed by atoms with Gasteiger partial charge in [0, 0.05) is 0 Å². The van der Waals surface area contributed by atoms with Crippen molar-refractivity contribution in [3.05, 3.63) is 0 Å². The van der Waals surface area contributed by atoms with Crippen LogP contribution in [0.2, 0.25) is 0 Å². The van der Waals surface area contributed by atoms with E-state index in [1.165, 1.54) is 4.90 Å². The van der Waals surface area contributed by atoms with Crippen LogP contribution in [0.3, 0.4) is 0 Å². The molecule has 6 nitrogen and oxygen atoms in total. The normalized spacial score (nSPS) is 35.4. The van der Waals surface area contributed by atoms with Gasteiger partial charge in [-0.3, -0.25) is 9.69 Å². The van der Waals surface area contributed by atoms with E-state index in [9.17, 15) is 9.59 Å². The van der Waals surface area contributed by atoms with Crippen LogP contribution >= 0.6 is 0 Å². The van der Waals surface area contributed by atoms with Gasteiger partial charge in [0.2, 0.25) is 5.91 Å². The third-order valence-electron chi connectivity index (χ3n) is 2.64. The van der Waals surface area contributed by atoms with E-state index in [-0.39, 0.29) is 12.1 Å². The Kier molecular flexibility index (Phi) is 2.16. The molecule has 2 heterocycles. The molecular formula is C8H12N2O4. The Bertz CT molecular complexity index is 281.